The monoisotopic (exact) mass is 360 g/mol. The van der Waals surface area contributed by atoms with Gasteiger partial charge in [-0.15, -0.1) is 11.3 Å². The van der Waals surface area contributed by atoms with E-state index in [4.69, 9.17) is 0 Å². The Balaban J connectivity index is 1.44. The van der Waals surface area contributed by atoms with Crippen LogP contribution in [0.4, 0.5) is 11.5 Å². The van der Waals surface area contributed by atoms with Gasteiger partial charge in [0.1, 0.15) is 12.0 Å². The van der Waals surface area contributed by atoms with Crippen LogP contribution in [0.2, 0.25) is 0 Å². The number of carbonyl (C=O) groups excluding carboxylic acids is 1. The van der Waals surface area contributed by atoms with Gasteiger partial charge in [-0.25, -0.2) is 4.98 Å². The van der Waals surface area contributed by atoms with Gasteiger partial charge in [-0.3, -0.25) is 14.9 Å². The van der Waals surface area contributed by atoms with Crippen LogP contribution in [0.15, 0.2) is 35.8 Å². The molecule has 1 amide bonds. The Labute approximate surface area is 149 Å². The summed E-state index contributed by atoms with van der Waals surface area (Å²) in [4.78, 5) is 30.0. The molecule has 1 aliphatic heterocycles. The van der Waals surface area contributed by atoms with Crippen LogP contribution in [-0.4, -0.2) is 35.4 Å². The van der Waals surface area contributed by atoms with E-state index in [9.17, 15) is 14.9 Å². The smallest absolute Gasteiger partial charge is 0.287 e. The van der Waals surface area contributed by atoms with Gasteiger partial charge in [-0.1, -0.05) is 6.07 Å². The lowest BCUT2D eigenvalue weighted by atomic mass is 9.96. The van der Waals surface area contributed by atoms with Crippen molar-refractivity contribution < 1.29 is 9.72 Å². The van der Waals surface area contributed by atoms with E-state index in [1.165, 1.54) is 17.1 Å². The predicted octanol–water partition coefficient (Wildman–Crippen LogP) is 2.63. The number of nitro groups is 1. The van der Waals surface area contributed by atoms with E-state index >= 15 is 0 Å². The molecule has 8 heteroatoms. The molecule has 0 bridgehead atoms. The number of amides is 1. The summed E-state index contributed by atoms with van der Waals surface area (Å²) in [5.41, 5.74) is -0.0104. The minimum absolute atomic E-state index is 0.0104. The quantitative estimate of drug-likeness (QED) is 0.632. The molecule has 3 rings (SSSR count). The second-order valence-electron chi connectivity index (χ2n) is 6.01. The Morgan fingerprint density at radius 2 is 2.16 bits per heavy atom. The number of piperidine rings is 1. The summed E-state index contributed by atoms with van der Waals surface area (Å²) < 4.78 is 0. The van der Waals surface area contributed by atoms with Crippen LogP contribution < -0.4 is 10.2 Å². The first-order chi connectivity index (χ1) is 12.1. The molecule has 25 heavy (non-hydrogen) atoms. The maximum atomic E-state index is 12.3. The molecule has 0 radical (unpaired) electrons. The van der Waals surface area contributed by atoms with Gasteiger partial charge in [-0.2, -0.15) is 0 Å². The highest BCUT2D eigenvalue weighted by molar-refractivity contribution is 7.09. The zero-order chi connectivity index (χ0) is 17.6. The molecule has 1 aliphatic rings. The highest BCUT2D eigenvalue weighted by atomic mass is 32.1. The topological polar surface area (TPSA) is 88.4 Å². The van der Waals surface area contributed by atoms with Gasteiger partial charge >= 0.3 is 0 Å². The number of nitrogens with one attached hydrogen (secondary N) is 1. The van der Waals surface area contributed by atoms with Crippen LogP contribution >= 0.6 is 11.3 Å². The third kappa shape index (κ3) is 4.54. The van der Waals surface area contributed by atoms with Gasteiger partial charge < -0.3 is 10.2 Å². The molecule has 0 spiro atoms. The average molecular weight is 360 g/mol. The third-order valence-corrected chi connectivity index (χ3v) is 5.32. The normalized spacial score (nSPS) is 15.1. The lowest BCUT2D eigenvalue weighted by molar-refractivity contribution is -0.385. The number of pyridine rings is 1. The fraction of sp³-hybridized carbons (Fsp3) is 0.412. The Morgan fingerprint density at radius 1 is 1.36 bits per heavy atom. The number of aromatic nitrogens is 1. The van der Waals surface area contributed by atoms with Gasteiger partial charge in [0.05, 0.1) is 4.92 Å². The van der Waals surface area contributed by atoms with Crippen LogP contribution in [0.5, 0.6) is 0 Å². The summed E-state index contributed by atoms with van der Waals surface area (Å²) in [6.45, 7) is 2.13. The van der Waals surface area contributed by atoms with E-state index in [0.717, 1.165) is 38.2 Å². The maximum absolute atomic E-state index is 12.3. The number of nitrogens with zero attached hydrogens (tertiary/aromatic N) is 3. The molecular formula is C17H20N4O3S. The Hall–Kier alpha value is -2.48. The van der Waals surface area contributed by atoms with E-state index in [1.54, 1.807) is 17.4 Å². The van der Waals surface area contributed by atoms with Crippen molar-refractivity contribution in [1.29, 1.82) is 0 Å². The largest absolute Gasteiger partial charge is 0.357 e. The number of rotatable bonds is 6. The Bertz CT molecular complexity index is 710. The number of carbonyl (C=O) groups is 1. The SMILES string of the molecule is O=C(NCCc1cccs1)C1CCN(c2ccc([N+](=O)[O-])cn2)CC1. The fourth-order valence-corrected chi connectivity index (χ4v) is 3.66. The van der Waals surface area contributed by atoms with Crippen molar-refractivity contribution in [3.05, 3.63) is 50.8 Å². The molecule has 2 aromatic rings. The molecule has 3 heterocycles. The van der Waals surface area contributed by atoms with Crippen molar-refractivity contribution in [1.82, 2.24) is 10.3 Å². The van der Waals surface area contributed by atoms with Crippen molar-refractivity contribution >= 4 is 28.7 Å². The van der Waals surface area contributed by atoms with Crippen LogP contribution in [-0.2, 0) is 11.2 Å². The van der Waals surface area contributed by atoms with Crippen LogP contribution in [0.3, 0.4) is 0 Å². The minimum Gasteiger partial charge on any atom is -0.357 e. The van der Waals surface area contributed by atoms with Gasteiger partial charge in [0, 0.05) is 36.5 Å². The second-order valence-corrected chi connectivity index (χ2v) is 7.05. The minimum atomic E-state index is -0.455. The molecule has 0 atom stereocenters. The highest BCUT2D eigenvalue weighted by Crippen LogP contribution is 2.23. The molecule has 1 fully saturated rings. The first kappa shape index (κ1) is 17.3. The highest BCUT2D eigenvalue weighted by Gasteiger charge is 2.25. The third-order valence-electron chi connectivity index (χ3n) is 4.38. The summed E-state index contributed by atoms with van der Waals surface area (Å²) in [6.07, 6.45) is 3.68. The lowest BCUT2D eigenvalue weighted by Gasteiger charge is -2.32. The van der Waals surface area contributed by atoms with Crippen LogP contribution in [0.25, 0.3) is 0 Å². The zero-order valence-electron chi connectivity index (χ0n) is 13.8. The Kier molecular flexibility index (Phi) is 5.60. The molecule has 0 aliphatic carbocycles. The fourth-order valence-electron chi connectivity index (χ4n) is 2.95. The zero-order valence-corrected chi connectivity index (χ0v) is 14.6. The van der Waals surface area contributed by atoms with Crippen molar-refractivity contribution in [2.75, 3.05) is 24.5 Å². The van der Waals surface area contributed by atoms with Gasteiger partial charge in [0.15, 0.2) is 0 Å². The first-order valence-electron chi connectivity index (χ1n) is 8.29. The number of thiophene rings is 1. The van der Waals surface area contributed by atoms with E-state index < -0.39 is 4.92 Å². The van der Waals surface area contributed by atoms with Gasteiger partial charge in [0.2, 0.25) is 5.91 Å². The average Bonchev–Trinajstić information content (AvgIpc) is 3.15. The van der Waals surface area contributed by atoms with Crippen molar-refractivity contribution in [2.45, 2.75) is 19.3 Å². The van der Waals surface area contributed by atoms with Crippen molar-refractivity contribution in [3.8, 4) is 0 Å². The molecule has 1 saturated heterocycles. The Morgan fingerprint density at radius 3 is 2.76 bits per heavy atom. The summed E-state index contributed by atoms with van der Waals surface area (Å²) in [7, 11) is 0. The molecule has 2 aromatic heterocycles. The van der Waals surface area contributed by atoms with Crippen LogP contribution in [0.1, 0.15) is 17.7 Å². The van der Waals surface area contributed by atoms with Crippen molar-refractivity contribution in [2.24, 2.45) is 5.92 Å². The molecule has 0 saturated carbocycles. The number of anilines is 1. The molecule has 0 aromatic carbocycles. The van der Waals surface area contributed by atoms with E-state index in [2.05, 4.69) is 21.3 Å². The molecule has 1 N–H and O–H groups in total. The standard InChI is InChI=1S/C17H20N4O3S/c22-17(18-8-5-15-2-1-11-25-15)13-6-9-20(10-7-13)16-4-3-14(12-19-16)21(23)24/h1-4,11-13H,5-10H2,(H,18,22). The van der Waals surface area contributed by atoms with Crippen molar-refractivity contribution in [3.63, 3.8) is 0 Å². The van der Waals surface area contributed by atoms with E-state index in [1.807, 2.05) is 11.4 Å². The second kappa shape index (κ2) is 8.06. The molecule has 132 valence electrons. The lowest BCUT2D eigenvalue weighted by Crippen LogP contribution is -2.41. The summed E-state index contributed by atoms with van der Waals surface area (Å²) >= 11 is 1.70. The van der Waals surface area contributed by atoms with Crippen LogP contribution in [0, 0.1) is 16.0 Å². The first-order valence-corrected chi connectivity index (χ1v) is 9.17. The van der Waals surface area contributed by atoms with E-state index in [-0.39, 0.29) is 17.5 Å². The summed E-state index contributed by atoms with van der Waals surface area (Å²) in [6, 6.07) is 7.22. The maximum Gasteiger partial charge on any atom is 0.287 e. The van der Waals surface area contributed by atoms with Gasteiger partial charge in [0.25, 0.3) is 5.69 Å². The number of hydrogen-bond donors (Lipinski definition) is 1. The number of hydrogen-bond acceptors (Lipinski definition) is 6. The molecular weight excluding hydrogens is 340 g/mol. The molecule has 7 nitrogen and oxygen atoms in total. The summed E-state index contributed by atoms with van der Waals surface area (Å²) in [5.74, 6) is 0.868. The summed E-state index contributed by atoms with van der Waals surface area (Å²) in [5, 5.41) is 15.7. The van der Waals surface area contributed by atoms with E-state index in [0.29, 0.717) is 6.54 Å². The predicted molar refractivity (Wildman–Crippen MR) is 96.9 cm³/mol. The van der Waals surface area contributed by atoms with Gasteiger partial charge in [-0.05, 0) is 36.8 Å². The molecule has 0 unspecified atom stereocenters.